The van der Waals surface area contributed by atoms with Gasteiger partial charge in [0.15, 0.2) is 0 Å². The molecule has 0 spiro atoms. The van der Waals surface area contributed by atoms with Crippen molar-refractivity contribution >= 4 is 0 Å². The van der Waals surface area contributed by atoms with E-state index in [2.05, 4.69) is 17.3 Å². The fourth-order valence-corrected chi connectivity index (χ4v) is 3.44. The van der Waals surface area contributed by atoms with Crippen LogP contribution in [0.5, 0.6) is 0 Å². The lowest BCUT2D eigenvalue weighted by atomic mass is 10.00. The van der Waals surface area contributed by atoms with Gasteiger partial charge >= 0.3 is 0 Å². The maximum atomic E-state index is 6.17. The summed E-state index contributed by atoms with van der Waals surface area (Å²) in [7, 11) is 2.24. The largest absolute Gasteiger partial charge is 0.381 e. The number of rotatable bonds is 7. The smallest absolute Gasteiger partial charge is 0.0707 e. The summed E-state index contributed by atoms with van der Waals surface area (Å²) >= 11 is 0. The summed E-state index contributed by atoms with van der Waals surface area (Å²) in [6.07, 6.45) is 8.55. The van der Waals surface area contributed by atoms with Crippen molar-refractivity contribution in [2.24, 2.45) is 5.92 Å². The molecule has 1 saturated carbocycles. The molecule has 0 aromatic rings. The van der Waals surface area contributed by atoms with Crippen LogP contribution in [0.4, 0.5) is 0 Å². The topological polar surface area (TPSA) is 33.7 Å². The Balaban J connectivity index is 1.30. The molecule has 116 valence electrons. The maximum absolute atomic E-state index is 6.17. The number of ether oxygens (including phenoxy) is 2. The molecule has 0 aromatic heterocycles. The molecule has 3 rings (SSSR count). The Hall–Kier alpha value is -0.160. The third kappa shape index (κ3) is 4.69. The van der Waals surface area contributed by atoms with Crippen molar-refractivity contribution in [2.75, 3.05) is 39.9 Å². The van der Waals surface area contributed by atoms with E-state index in [4.69, 9.17) is 9.47 Å². The minimum absolute atomic E-state index is 0.450. The standard InChI is InChI=1S/C16H30N2O2/c1-18(11-13-6-8-19-9-7-13)12-16-5-4-15(20-16)10-17-14-2-3-14/h13-17H,2-12H2,1H3. The van der Waals surface area contributed by atoms with Gasteiger partial charge in [-0.3, -0.25) is 0 Å². The first-order valence-corrected chi connectivity index (χ1v) is 8.44. The summed E-state index contributed by atoms with van der Waals surface area (Å²) < 4.78 is 11.6. The number of nitrogens with zero attached hydrogens (tertiary/aromatic N) is 1. The van der Waals surface area contributed by atoms with Crippen LogP contribution < -0.4 is 5.32 Å². The number of nitrogens with one attached hydrogen (secondary N) is 1. The summed E-state index contributed by atoms with van der Waals surface area (Å²) in [5, 5.41) is 3.59. The van der Waals surface area contributed by atoms with Gasteiger partial charge < -0.3 is 19.7 Å². The van der Waals surface area contributed by atoms with E-state index < -0.39 is 0 Å². The zero-order valence-electron chi connectivity index (χ0n) is 12.9. The van der Waals surface area contributed by atoms with Crippen molar-refractivity contribution in [1.82, 2.24) is 10.2 Å². The Morgan fingerprint density at radius 3 is 2.45 bits per heavy atom. The highest BCUT2D eigenvalue weighted by atomic mass is 16.5. The first-order valence-electron chi connectivity index (χ1n) is 8.44. The highest BCUT2D eigenvalue weighted by Crippen LogP contribution is 2.23. The lowest BCUT2D eigenvalue weighted by molar-refractivity contribution is 0.0168. The van der Waals surface area contributed by atoms with E-state index in [9.17, 15) is 0 Å². The van der Waals surface area contributed by atoms with Gasteiger partial charge in [0, 0.05) is 38.9 Å². The van der Waals surface area contributed by atoms with Gasteiger partial charge in [-0.15, -0.1) is 0 Å². The van der Waals surface area contributed by atoms with Crippen LogP contribution in [0.2, 0.25) is 0 Å². The van der Waals surface area contributed by atoms with E-state index in [0.717, 1.165) is 38.3 Å². The summed E-state index contributed by atoms with van der Waals surface area (Å²) in [4.78, 5) is 2.47. The summed E-state index contributed by atoms with van der Waals surface area (Å²) in [6.45, 7) is 5.26. The van der Waals surface area contributed by atoms with Crippen molar-refractivity contribution in [2.45, 2.75) is 56.8 Å². The molecule has 1 aliphatic carbocycles. The van der Waals surface area contributed by atoms with E-state index in [0.29, 0.717) is 12.2 Å². The molecule has 3 aliphatic rings. The average Bonchev–Trinajstić information content (AvgIpc) is 3.18. The number of likely N-dealkylation sites (N-methyl/N-ethyl adjacent to an activating group) is 1. The molecular formula is C16H30N2O2. The van der Waals surface area contributed by atoms with Crippen LogP contribution >= 0.6 is 0 Å². The molecule has 3 fully saturated rings. The molecule has 1 N–H and O–H groups in total. The zero-order chi connectivity index (χ0) is 13.8. The van der Waals surface area contributed by atoms with Crippen molar-refractivity contribution in [3.05, 3.63) is 0 Å². The third-order valence-corrected chi connectivity index (χ3v) is 4.83. The Morgan fingerprint density at radius 1 is 0.950 bits per heavy atom. The second-order valence-corrected chi connectivity index (χ2v) is 6.92. The van der Waals surface area contributed by atoms with Crippen molar-refractivity contribution in [3.63, 3.8) is 0 Å². The molecule has 4 nitrogen and oxygen atoms in total. The molecule has 20 heavy (non-hydrogen) atoms. The third-order valence-electron chi connectivity index (χ3n) is 4.83. The summed E-state index contributed by atoms with van der Waals surface area (Å²) in [5.74, 6) is 0.822. The molecule has 2 atom stereocenters. The van der Waals surface area contributed by atoms with Crippen LogP contribution in [0.1, 0.15) is 38.5 Å². The highest BCUT2D eigenvalue weighted by molar-refractivity contribution is 4.84. The van der Waals surface area contributed by atoms with E-state index >= 15 is 0 Å². The molecule has 2 saturated heterocycles. The van der Waals surface area contributed by atoms with E-state index in [1.54, 1.807) is 0 Å². The molecule has 0 bridgehead atoms. The second kappa shape index (κ2) is 7.21. The fourth-order valence-electron chi connectivity index (χ4n) is 3.44. The van der Waals surface area contributed by atoms with Crippen molar-refractivity contribution < 1.29 is 9.47 Å². The quantitative estimate of drug-likeness (QED) is 0.770. The molecular weight excluding hydrogens is 252 g/mol. The molecule has 4 heteroatoms. The Kier molecular flexibility index (Phi) is 5.32. The predicted octanol–water partition coefficient (Wildman–Crippen LogP) is 1.64. The Bertz CT molecular complexity index is 290. The molecule has 2 unspecified atom stereocenters. The lowest BCUT2D eigenvalue weighted by Crippen LogP contribution is -2.36. The summed E-state index contributed by atoms with van der Waals surface area (Å²) in [5.41, 5.74) is 0. The van der Waals surface area contributed by atoms with Gasteiger partial charge in [-0.1, -0.05) is 0 Å². The fraction of sp³-hybridized carbons (Fsp3) is 1.00. The van der Waals surface area contributed by atoms with Gasteiger partial charge in [-0.25, -0.2) is 0 Å². The van der Waals surface area contributed by atoms with E-state index in [1.165, 1.54) is 45.1 Å². The lowest BCUT2D eigenvalue weighted by Gasteiger charge is -2.28. The molecule has 0 aromatic carbocycles. The zero-order valence-corrected chi connectivity index (χ0v) is 12.9. The molecule has 2 aliphatic heterocycles. The number of hydrogen-bond donors (Lipinski definition) is 1. The van der Waals surface area contributed by atoms with Crippen LogP contribution in [-0.4, -0.2) is 63.0 Å². The van der Waals surface area contributed by atoms with Crippen molar-refractivity contribution in [3.8, 4) is 0 Å². The highest BCUT2D eigenvalue weighted by Gasteiger charge is 2.29. The Labute approximate surface area is 123 Å². The van der Waals surface area contributed by atoms with Gasteiger partial charge in [0.05, 0.1) is 12.2 Å². The van der Waals surface area contributed by atoms with E-state index in [1.807, 2.05) is 0 Å². The van der Waals surface area contributed by atoms with Gasteiger partial charge in [0.25, 0.3) is 0 Å². The predicted molar refractivity (Wildman–Crippen MR) is 80.0 cm³/mol. The van der Waals surface area contributed by atoms with E-state index in [-0.39, 0.29) is 0 Å². The van der Waals surface area contributed by atoms with Crippen molar-refractivity contribution in [1.29, 1.82) is 0 Å². The minimum Gasteiger partial charge on any atom is -0.381 e. The minimum atomic E-state index is 0.450. The van der Waals surface area contributed by atoms with Gasteiger partial charge in [0.1, 0.15) is 0 Å². The van der Waals surface area contributed by atoms with Crippen LogP contribution in [0.25, 0.3) is 0 Å². The summed E-state index contributed by atoms with van der Waals surface area (Å²) in [6, 6.07) is 0.800. The molecule has 0 radical (unpaired) electrons. The van der Waals surface area contributed by atoms with Crippen LogP contribution in [0, 0.1) is 5.92 Å². The first kappa shape index (κ1) is 14.8. The van der Waals surface area contributed by atoms with Gasteiger partial charge in [0.2, 0.25) is 0 Å². The normalized spacial score (nSPS) is 32.1. The molecule has 2 heterocycles. The SMILES string of the molecule is CN(CC1CCOCC1)CC1CCC(CNC2CC2)O1. The first-order chi connectivity index (χ1) is 9.79. The van der Waals surface area contributed by atoms with Crippen LogP contribution in [0.3, 0.4) is 0 Å². The van der Waals surface area contributed by atoms with Gasteiger partial charge in [-0.05, 0) is 51.5 Å². The second-order valence-electron chi connectivity index (χ2n) is 6.92. The Morgan fingerprint density at radius 2 is 1.70 bits per heavy atom. The van der Waals surface area contributed by atoms with Crippen LogP contribution in [0.15, 0.2) is 0 Å². The van der Waals surface area contributed by atoms with Crippen LogP contribution in [-0.2, 0) is 9.47 Å². The molecule has 0 amide bonds. The monoisotopic (exact) mass is 282 g/mol. The maximum Gasteiger partial charge on any atom is 0.0707 e. The number of hydrogen-bond acceptors (Lipinski definition) is 4. The van der Waals surface area contributed by atoms with Gasteiger partial charge in [-0.2, -0.15) is 0 Å². The average molecular weight is 282 g/mol.